The molecule has 1 rings (SSSR count). The van der Waals surface area contributed by atoms with Crippen LogP contribution in [0.4, 0.5) is 0 Å². The van der Waals surface area contributed by atoms with E-state index >= 15 is 0 Å². The molecule has 1 amide bonds. The molecule has 0 atom stereocenters. The zero-order valence-corrected chi connectivity index (χ0v) is 13.0. The molecule has 0 unspecified atom stereocenters. The first-order valence-corrected chi connectivity index (χ1v) is 7.63. The van der Waals surface area contributed by atoms with E-state index < -0.39 is 0 Å². The molecule has 1 aliphatic carbocycles. The van der Waals surface area contributed by atoms with E-state index in [2.05, 4.69) is 10.1 Å². The number of nitrogens with one attached hydrogen (secondary N) is 1. The summed E-state index contributed by atoms with van der Waals surface area (Å²) in [4.78, 5) is 25.3. The van der Waals surface area contributed by atoms with E-state index in [-0.39, 0.29) is 31.0 Å². The third-order valence-electron chi connectivity index (χ3n) is 3.86. The molecule has 5 heteroatoms. The summed E-state index contributed by atoms with van der Waals surface area (Å²) in [5.41, 5.74) is 0. The molecule has 0 radical (unpaired) electrons. The number of rotatable bonds is 6. The van der Waals surface area contributed by atoms with Gasteiger partial charge in [0, 0.05) is 12.1 Å². The predicted molar refractivity (Wildman–Crippen MR) is 78.4 cm³/mol. The van der Waals surface area contributed by atoms with Gasteiger partial charge in [0.05, 0.1) is 20.2 Å². The summed E-state index contributed by atoms with van der Waals surface area (Å²) in [6.45, 7) is 4.36. The zero-order valence-electron chi connectivity index (χ0n) is 13.0. The lowest BCUT2D eigenvalue weighted by molar-refractivity contribution is -0.142. The Labute approximate surface area is 122 Å². The Morgan fingerprint density at radius 3 is 2.25 bits per heavy atom. The SMILES string of the molecule is COC(=O)CN(CC(=O)NC1CCCCCC1)C(C)C. The summed E-state index contributed by atoms with van der Waals surface area (Å²) in [7, 11) is 1.37. The molecule has 20 heavy (non-hydrogen) atoms. The van der Waals surface area contributed by atoms with Crippen LogP contribution in [0, 0.1) is 0 Å². The van der Waals surface area contributed by atoms with Crippen molar-refractivity contribution >= 4 is 11.9 Å². The molecular formula is C15H28N2O3. The van der Waals surface area contributed by atoms with Gasteiger partial charge >= 0.3 is 5.97 Å². The first-order valence-electron chi connectivity index (χ1n) is 7.63. The molecule has 116 valence electrons. The summed E-state index contributed by atoms with van der Waals surface area (Å²) in [5, 5.41) is 3.10. The number of ether oxygens (including phenoxy) is 1. The van der Waals surface area contributed by atoms with Crippen molar-refractivity contribution in [3.8, 4) is 0 Å². The van der Waals surface area contributed by atoms with Crippen LogP contribution in [0.1, 0.15) is 52.4 Å². The van der Waals surface area contributed by atoms with Crippen LogP contribution in [0.5, 0.6) is 0 Å². The predicted octanol–water partition coefficient (Wildman–Crippen LogP) is 1.71. The zero-order chi connectivity index (χ0) is 15.0. The van der Waals surface area contributed by atoms with Crippen molar-refractivity contribution in [2.45, 2.75) is 64.5 Å². The minimum atomic E-state index is -0.305. The Hall–Kier alpha value is -1.10. The van der Waals surface area contributed by atoms with Crippen LogP contribution in [-0.4, -0.2) is 49.1 Å². The van der Waals surface area contributed by atoms with Gasteiger partial charge in [-0.1, -0.05) is 25.7 Å². The highest BCUT2D eigenvalue weighted by atomic mass is 16.5. The van der Waals surface area contributed by atoms with Crippen LogP contribution < -0.4 is 5.32 Å². The van der Waals surface area contributed by atoms with Gasteiger partial charge in [-0.25, -0.2) is 0 Å². The van der Waals surface area contributed by atoms with Crippen molar-refractivity contribution in [1.82, 2.24) is 10.2 Å². The molecule has 0 aromatic carbocycles. The second-order valence-corrected chi connectivity index (χ2v) is 5.83. The molecule has 0 aliphatic heterocycles. The van der Waals surface area contributed by atoms with Gasteiger partial charge in [-0.3, -0.25) is 14.5 Å². The highest BCUT2D eigenvalue weighted by Crippen LogP contribution is 2.17. The molecule has 1 N–H and O–H groups in total. The van der Waals surface area contributed by atoms with Gasteiger partial charge in [-0.15, -0.1) is 0 Å². The molecule has 1 fully saturated rings. The first kappa shape index (κ1) is 17.0. The topological polar surface area (TPSA) is 58.6 Å². The van der Waals surface area contributed by atoms with Gasteiger partial charge in [0.2, 0.25) is 5.91 Å². The standard InChI is InChI=1S/C15H28N2O3/c1-12(2)17(11-15(19)20-3)10-14(18)16-13-8-6-4-5-7-9-13/h12-13H,4-11H2,1-3H3,(H,16,18). The molecule has 1 saturated carbocycles. The Kier molecular flexibility index (Phi) is 7.59. The van der Waals surface area contributed by atoms with Crippen molar-refractivity contribution in [2.24, 2.45) is 0 Å². The average Bonchev–Trinajstić information content (AvgIpc) is 2.66. The number of amides is 1. The summed E-state index contributed by atoms with van der Waals surface area (Å²) in [6.07, 6.45) is 7.08. The van der Waals surface area contributed by atoms with Gasteiger partial charge < -0.3 is 10.1 Å². The minimum Gasteiger partial charge on any atom is -0.468 e. The lowest BCUT2D eigenvalue weighted by Crippen LogP contribution is -2.46. The van der Waals surface area contributed by atoms with Crippen molar-refractivity contribution in [1.29, 1.82) is 0 Å². The Morgan fingerprint density at radius 1 is 1.15 bits per heavy atom. The van der Waals surface area contributed by atoms with E-state index in [0.717, 1.165) is 12.8 Å². The average molecular weight is 284 g/mol. The maximum Gasteiger partial charge on any atom is 0.319 e. The van der Waals surface area contributed by atoms with Crippen LogP contribution in [0.25, 0.3) is 0 Å². The molecule has 0 aromatic rings. The third kappa shape index (κ3) is 6.37. The van der Waals surface area contributed by atoms with E-state index in [0.29, 0.717) is 6.04 Å². The van der Waals surface area contributed by atoms with Gasteiger partial charge in [0.1, 0.15) is 0 Å². The number of esters is 1. The Balaban J connectivity index is 2.42. The van der Waals surface area contributed by atoms with Crippen LogP contribution in [-0.2, 0) is 14.3 Å². The van der Waals surface area contributed by atoms with Gasteiger partial charge in [0.15, 0.2) is 0 Å². The fraction of sp³-hybridized carbons (Fsp3) is 0.867. The number of nitrogens with zero attached hydrogens (tertiary/aromatic N) is 1. The number of hydrogen-bond acceptors (Lipinski definition) is 4. The summed E-state index contributed by atoms with van der Waals surface area (Å²) >= 11 is 0. The van der Waals surface area contributed by atoms with E-state index in [4.69, 9.17) is 0 Å². The van der Waals surface area contributed by atoms with Crippen molar-refractivity contribution < 1.29 is 14.3 Å². The van der Waals surface area contributed by atoms with Crippen molar-refractivity contribution in [2.75, 3.05) is 20.2 Å². The first-order chi connectivity index (χ1) is 9.52. The van der Waals surface area contributed by atoms with Crippen LogP contribution >= 0.6 is 0 Å². The van der Waals surface area contributed by atoms with E-state index in [1.54, 1.807) is 0 Å². The van der Waals surface area contributed by atoms with Crippen LogP contribution in [0.15, 0.2) is 0 Å². The molecule has 0 bridgehead atoms. The molecule has 0 heterocycles. The third-order valence-corrected chi connectivity index (χ3v) is 3.86. The van der Waals surface area contributed by atoms with E-state index in [1.165, 1.54) is 32.8 Å². The van der Waals surface area contributed by atoms with Crippen molar-refractivity contribution in [3.05, 3.63) is 0 Å². The molecular weight excluding hydrogens is 256 g/mol. The number of methoxy groups -OCH3 is 1. The van der Waals surface area contributed by atoms with E-state index in [9.17, 15) is 9.59 Å². The second kappa shape index (κ2) is 8.95. The Morgan fingerprint density at radius 2 is 1.75 bits per heavy atom. The maximum atomic E-state index is 12.1. The molecule has 5 nitrogen and oxygen atoms in total. The maximum absolute atomic E-state index is 12.1. The number of carbonyl (C=O) groups is 2. The van der Waals surface area contributed by atoms with Gasteiger partial charge in [-0.2, -0.15) is 0 Å². The fourth-order valence-electron chi connectivity index (χ4n) is 2.53. The van der Waals surface area contributed by atoms with Gasteiger partial charge in [0.25, 0.3) is 0 Å². The highest BCUT2D eigenvalue weighted by Gasteiger charge is 2.20. The molecule has 0 spiro atoms. The summed E-state index contributed by atoms with van der Waals surface area (Å²) in [6, 6.07) is 0.436. The van der Waals surface area contributed by atoms with Crippen LogP contribution in [0.2, 0.25) is 0 Å². The number of carbonyl (C=O) groups excluding carboxylic acids is 2. The summed E-state index contributed by atoms with van der Waals surface area (Å²) < 4.78 is 4.67. The minimum absolute atomic E-state index is 0.00880. The normalized spacial score (nSPS) is 17.1. The van der Waals surface area contributed by atoms with E-state index in [1.807, 2.05) is 18.7 Å². The van der Waals surface area contributed by atoms with Gasteiger partial charge in [-0.05, 0) is 26.7 Å². The molecule has 0 saturated heterocycles. The molecule has 0 aromatic heterocycles. The second-order valence-electron chi connectivity index (χ2n) is 5.83. The quantitative estimate of drug-likeness (QED) is 0.596. The lowest BCUT2D eigenvalue weighted by Gasteiger charge is -2.25. The van der Waals surface area contributed by atoms with Crippen LogP contribution in [0.3, 0.4) is 0 Å². The lowest BCUT2D eigenvalue weighted by atomic mass is 10.1. The number of hydrogen-bond donors (Lipinski definition) is 1. The smallest absolute Gasteiger partial charge is 0.319 e. The summed E-state index contributed by atoms with van der Waals surface area (Å²) in [5.74, 6) is -0.296. The largest absolute Gasteiger partial charge is 0.468 e. The fourth-order valence-corrected chi connectivity index (χ4v) is 2.53. The highest BCUT2D eigenvalue weighted by molar-refractivity contribution is 5.79. The molecule has 1 aliphatic rings. The Bertz CT molecular complexity index is 310. The monoisotopic (exact) mass is 284 g/mol. The van der Waals surface area contributed by atoms with Crippen molar-refractivity contribution in [3.63, 3.8) is 0 Å².